The highest BCUT2D eigenvalue weighted by Crippen LogP contribution is 2.25. The summed E-state index contributed by atoms with van der Waals surface area (Å²) in [6.45, 7) is 1.47. The van der Waals surface area contributed by atoms with Gasteiger partial charge in [0.2, 0.25) is 5.91 Å². The molecular weight excluding hydrogens is 516 g/mol. The second-order valence-electron chi connectivity index (χ2n) is 7.52. The van der Waals surface area contributed by atoms with Gasteiger partial charge in [0.05, 0.1) is 13.5 Å². The lowest BCUT2D eigenvalue weighted by Crippen LogP contribution is -2.21. The van der Waals surface area contributed by atoms with Gasteiger partial charge in [0, 0.05) is 22.3 Å². The van der Waals surface area contributed by atoms with Crippen LogP contribution in [0.25, 0.3) is 0 Å². The molecule has 0 aliphatic carbocycles. The van der Waals surface area contributed by atoms with Crippen molar-refractivity contribution in [2.24, 2.45) is 0 Å². The molecular formula is C26H25BrN2O6. The Morgan fingerprint density at radius 3 is 1.97 bits per heavy atom. The second kappa shape index (κ2) is 12.6. The first-order valence-electron chi connectivity index (χ1n) is 10.8. The number of benzene rings is 3. The van der Waals surface area contributed by atoms with Gasteiger partial charge in [-0.25, -0.2) is 0 Å². The lowest BCUT2D eigenvalue weighted by atomic mass is 10.2. The number of carbonyl (C=O) groups excluding carboxylic acids is 3. The molecule has 0 unspecified atom stereocenters. The summed E-state index contributed by atoms with van der Waals surface area (Å²) in [5, 5.41) is 5.36. The lowest BCUT2D eigenvalue weighted by molar-refractivity contribution is -0.147. The molecule has 3 rings (SSSR count). The van der Waals surface area contributed by atoms with Crippen molar-refractivity contribution in [1.29, 1.82) is 0 Å². The lowest BCUT2D eigenvalue weighted by Gasteiger charge is -2.09. The smallest absolute Gasteiger partial charge is 0.306 e. The van der Waals surface area contributed by atoms with E-state index in [2.05, 4.69) is 26.6 Å². The number of amides is 2. The molecule has 0 fully saturated rings. The molecule has 0 bridgehead atoms. The van der Waals surface area contributed by atoms with E-state index in [1.54, 1.807) is 67.8 Å². The van der Waals surface area contributed by atoms with Gasteiger partial charge >= 0.3 is 5.97 Å². The van der Waals surface area contributed by atoms with Crippen molar-refractivity contribution in [1.82, 2.24) is 0 Å². The Kier molecular flexibility index (Phi) is 9.25. The molecule has 0 aliphatic heterocycles. The van der Waals surface area contributed by atoms with Gasteiger partial charge in [-0.15, -0.1) is 0 Å². The van der Waals surface area contributed by atoms with Crippen molar-refractivity contribution in [2.75, 3.05) is 24.4 Å². The van der Waals surface area contributed by atoms with Gasteiger partial charge in [-0.3, -0.25) is 14.4 Å². The first kappa shape index (κ1) is 25.8. The highest BCUT2D eigenvalue weighted by atomic mass is 79.9. The third kappa shape index (κ3) is 8.46. The Balaban J connectivity index is 1.36. The zero-order valence-electron chi connectivity index (χ0n) is 19.3. The first-order valence-corrected chi connectivity index (χ1v) is 11.5. The largest absolute Gasteiger partial charge is 0.497 e. The van der Waals surface area contributed by atoms with E-state index in [1.165, 1.54) is 0 Å². The molecule has 0 aromatic heterocycles. The van der Waals surface area contributed by atoms with Gasteiger partial charge in [-0.05, 0) is 79.2 Å². The number of hydrogen-bond acceptors (Lipinski definition) is 6. The molecule has 0 aliphatic rings. The highest BCUT2D eigenvalue weighted by molar-refractivity contribution is 9.10. The van der Waals surface area contributed by atoms with Crippen LogP contribution in [0.4, 0.5) is 11.4 Å². The fourth-order valence-electron chi connectivity index (χ4n) is 2.96. The highest BCUT2D eigenvalue weighted by Gasteiger charge is 2.11. The zero-order valence-corrected chi connectivity index (χ0v) is 20.9. The van der Waals surface area contributed by atoms with Crippen molar-refractivity contribution >= 4 is 45.1 Å². The van der Waals surface area contributed by atoms with E-state index in [9.17, 15) is 14.4 Å². The fourth-order valence-corrected chi connectivity index (χ4v) is 3.21. The van der Waals surface area contributed by atoms with Crippen LogP contribution in [0.15, 0.2) is 71.2 Å². The van der Waals surface area contributed by atoms with E-state index >= 15 is 0 Å². The minimum atomic E-state index is -0.634. The number of halogens is 1. The average Bonchev–Trinajstić information content (AvgIpc) is 2.85. The fraction of sp³-hybridized carbons (Fsp3) is 0.192. The predicted molar refractivity (Wildman–Crippen MR) is 136 cm³/mol. The summed E-state index contributed by atoms with van der Waals surface area (Å²) in [4.78, 5) is 36.0. The van der Waals surface area contributed by atoms with Gasteiger partial charge in [0.25, 0.3) is 5.91 Å². The van der Waals surface area contributed by atoms with Crippen LogP contribution < -0.4 is 20.1 Å². The number of rotatable bonds is 10. The molecule has 0 saturated carbocycles. The van der Waals surface area contributed by atoms with E-state index < -0.39 is 18.5 Å². The monoisotopic (exact) mass is 540 g/mol. The normalized spacial score (nSPS) is 10.3. The summed E-state index contributed by atoms with van der Waals surface area (Å²) >= 11 is 3.39. The number of anilines is 2. The predicted octanol–water partition coefficient (Wildman–Crippen LogP) is 5.46. The molecule has 0 radical (unpaired) electrons. The summed E-state index contributed by atoms with van der Waals surface area (Å²) < 4.78 is 16.7. The van der Waals surface area contributed by atoms with Crippen molar-refractivity contribution in [3.8, 4) is 17.2 Å². The molecule has 8 nitrogen and oxygen atoms in total. The standard InChI is InChI=1S/C26H25BrN2O6/c1-17-15-19(5-12-23(17)27)29-25(31)16-34-26(32)14-13-24(30)28-18-3-6-21(7-4-18)35-22-10-8-20(33-2)9-11-22/h3-12,15H,13-14,16H2,1-2H3,(H,28,30)(H,29,31). The molecule has 35 heavy (non-hydrogen) atoms. The van der Waals surface area contributed by atoms with Crippen molar-refractivity contribution in [2.45, 2.75) is 19.8 Å². The van der Waals surface area contributed by atoms with E-state index in [4.69, 9.17) is 14.2 Å². The van der Waals surface area contributed by atoms with Gasteiger partial charge in [0.1, 0.15) is 17.2 Å². The van der Waals surface area contributed by atoms with Crippen molar-refractivity contribution < 1.29 is 28.6 Å². The summed E-state index contributed by atoms with van der Waals surface area (Å²) in [5.41, 5.74) is 2.13. The Bertz CT molecular complexity index is 1180. The molecule has 0 spiro atoms. The number of carbonyl (C=O) groups is 3. The maximum absolute atomic E-state index is 12.1. The average molecular weight is 541 g/mol. The molecule has 2 N–H and O–H groups in total. The molecule has 0 atom stereocenters. The van der Waals surface area contributed by atoms with E-state index in [0.29, 0.717) is 22.9 Å². The van der Waals surface area contributed by atoms with Crippen LogP contribution in [0, 0.1) is 6.92 Å². The first-order chi connectivity index (χ1) is 16.8. The van der Waals surface area contributed by atoms with Crippen LogP contribution in [-0.2, 0) is 19.1 Å². The number of methoxy groups -OCH3 is 1. The minimum absolute atomic E-state index is 0.0730. The maximum Gasteiger partial charge on any atom is 0.306 e. The maximum atomic E-state index is 12.1. The van der Waals surface area contributed by atoms with Crippen LogP contribution in [0.1, 0.15) is 18.4 Å². The molecule has 182 valence electrons. The Hall–Kier alpha value is -3.85. The van der Waals surface area contributed by atoms with E-state index in [1.807, 2.05) is 13.0 Å². The van der Waals surface area contributed by atoms with Crippen molar-refractivity contribution in [3.63, 3.8) is 0 Å². The summed E-state index contributed by atoms with van der Waals surface area (Å²) in [6, 6.07) is 19.4. The van der Waals surface area contributed by atoms with Gasteiger partial charge in [-0.1, -0.05) is 15.9 Å². The summed E-state index contributed by atoms with van der Waals surface area (Å²) in [5.74, 6) is 0.556. The van der Waals surface area contributed by atoms with Crippen molar-refractivity contribution in [3.05, 3.63) is 76.8 Å². The second-order valence-corrected chi connectivity index (χ2v) is 8.38. The van der Waals surface area contributed by atoms with Crippen LogP contribution in [-0.4, -0.2) is 31.5 Å². The summed E-state index contributed by atoms with van der Waals surface area (Å²) in [7, 11) is 1.59. The van der Waals surface area contributed by atoms with Crippen LogP contribution in [0.3, 0.4) is 0 Å². The van der Waals surface area contributed by atoms with Crippen LogP contribution in [0.5, 0.6) is 17.2 Å². The molecule has 0 heterocycles. The van der Waals surface area contributed by atoms with E-state index in [0.717, 1.165) is 15.8 Å². The zero-order chi connectivity index (χ0) is 25.2. The number of aryl methyl sites for hydroxylation is 1. The summed E-state index contributed by atoms with van der Waals surface area (Å²) in [6.07, 6.45) is -0.217. The van der Waals surface area contributed by atoms with E-state index in [-0.39, 0.29) is 18.7 Å². The third-order valence-corrected chi connectivity index (χ3v) is 5.69. The number of nitrogens with one attached hydrogen (secondary N) is 2. The van der Waals surface area contributed by atoms with Gasteiger partial charge in [-0.2, -0.15) is 0 Å². The van der Waals surface area contributed by atoms with Crippen LogP contribution >= 0.6 is 15.9 Å². The number of esters is 1. The molecule has 3 aromatic carbocycles. The SMILES string of the molecule is COc1ccc(Oc2ccc(NC(=O)CCC(=O)OCC(=O)Nc3ccc(Br)c(C)c3)cc2)cc1. The Morgan fingerprint density at radius 1 is 0.771 bits per heavy atom. The number of hydrogen-bond donors (Lipinski definition) is 2. The molecule has 0 saturated heterocycles. The third-order valence-electron chi connectivity index (χ3n) is 4.80. The molecule has 9 heteroatoms. The Morgan fingerprint density at radius 2 is 1.34 bits per heavy atom. The van der Waals surface area contributed by atoms with Gasteiger partial charge in [0.15, 0.2) is 6.61 Å². The quantitative estimate of drug-likeness (QED) is 0.331. The van der Waals surface area contributed by atoms with Crippen LogP contribution in [0.2, 0.25) is 0 Å². The minimum Gasteiger partial charge on any atom is -0.497 e. The van der Waals surface area contributed by atoms with Gasteiger partial charge < -0.3 is 24.8 Å². The molecule has 3 aromatic rings. The molecule has 2 amide bonds. The number of ether oxygens (including phenoxy) is 3. The Labute approximate surface area is 211 Å². The topological polar surface area (TPSA) is 103 Å².